The molecule has 1 heterocycles. The second-order valence-corrected chi connectivity index (χ2v) is 6.56. The molecule has 0 saturated heterocycles. The van der Waals surface area contributed by atoms with Gasteiger partial charge in [0.15, 0.2) is 0 Å². The molecule has 20 heavy (non-hydrogen) atoms. The van der Waals surface area contributed by atoms with Crippen LogP contribution in [0.2, 0.25) is 0 Å². The molecule has 3 nitrogen and oxygen atoms in total. The highest BCUT2D eigenvalue weighted by atomic mass is 15.3. The summed E-state index contributed by atoms with van der Waals surface area (Å²) in [5.74, 6) is 1.69. The Morgan fingerprint density at radius 1 is 1.25 bits per heavy atom. The lowest BCUT2D eigenvalue weighted by atomic mass is 10.1. The maximum Gasteiger partial charge on any atom is 0.0669 e. The third-order valence-corrected chi connectivity index (χ3v) is 4.22. The maximum atomic E-state index is 4.87. The highest BCUT2D eigenvalue weighted by molar-refractivity contribution is 5.26. The van der Waals surface area contributed by atoms with E-state index in [2.05, 4.69) is 37.7 Å². The first-order valence-corrected chi connectivity index (χ1v) is 8.43. The monoisotopic (exact) mass is 277 g/mol. The molecule has 1 aliphatic rings. The Morgan fingerprint density at radius 3 is 2.55 bits per heavy atom. The number of hydrogen-bond acceptors (Lipinski definition) is 2. The van der Waals surface area contributed by atoms with Crippen molar-refractivity contribution in [3.63, 3.8) is 0 Å². The van der Waals surface area contributed by atoms with Gasteiger partial charge in [0.2, 0.25) is 0 Å². The molecule has 114 valence electrons. The van der Waals surface area contributed by atoms with Crippen molar-refractivity contribution < 1.29 is 0 Å². The summed E-state index contributed by atoms with van der Waals surface area (Å²) < 4.78 is 2.30. The van der Waals surface area contributed by atoms with Crippen molar-refractivity contribution in [2.45, 2.75) is 72.9 Å². The van der Waals surface area contributed by atoms with Crippen LogP contribution in [0.3, 0.4) is 0 Å². The standard InChI is InChI=1S/C17H31N3/c1-5-16-15(12-18-11-13(3)4)17(6-2)20(19-16)10-9-14-7-8-14/h13-14,18H,5-12H2,1-4H3. The molecular weight excluding hydrogens is 246 g/mol. The minimum Gasteiger partial charge on any atom is -0.312 e. The number of aryl methyl sites for hydroxylation is 2. The minimum absolute atomic E-state index is 0.704. The molecule has 0 radical (unpaired) electrons. The van der Waals surface area contributed by atoms with E-state index in [-0.39, 0.29) is 0 Å². The smallest absolute Gasteiger partial charge is 0.0669 e. The lowest BCUT2D eigenvalue weighted by molar-refractivity contribution is 0.522. The average molecular weight is 277 g/mol. The second kappa shape index (κ2) is 7.26. The number of hydrogen-bond donors (Lipinski definition) is 1. The highest BCUT2D eigenvalue weighted by Crippen LogP contribution is 2.33. The third-order valence-electron chi connectivity index (χ3n) is 4.22. The van der Waals surface area contributed by atoms with E-state index in [0.29, 0.717) is 5.92 Å². The SMILES string of the molecule is CCc1nn(CCC2CC2)c(CC)c1CNCC(C)C. The first-order chi connectivity index (χ1) is 9.65. The summed E-state index contributed by atoms with van der Waals surface area (Å²) in [6.45, 7) is 12.2. The quantitative estimate of drug-likeness (QED) is 0.748. The predicted molar refractivity (Wildman–Crippen MR) is 84.9 cm³/mol. The summed E-state index contributed by atoms with van der Waals surface area (Å²) in [4.78, 5) is 0. The Labute approximate surface area is 124 Å². The molecule has 0 aliphatic heterocycles. The molecule has 2 rings (SSSR count). The van der Waals surface area contributed by atoms with E-state index in [1.807, 2.05) is 0 Å². The van der Waals surface area contributed by atoms with Gasteiger partial charge in [-0.05, 0) is 37.6 Å². The van der Waals surface area contributed by atoms with Crippen LogP contribution in [-0.2, 0) is 25.9 Å². The molecule has 0 amide bonds. The molecule has 1 saturated carbocycles. The third kappa shape index (κ3) is 4.08. The molecule has 1 aliphatic carbocycles. The average Bonchev–Trinajstić information content (AvgIpc) is 3.18. The van der Waals surface area contributed by atoms with Crippen LogP contribution >= 0.6 is 0 Å². The van der Waals surface area contributed by atoms with E-state index in [1.165, 1.54) is 36.2 Å². The van der Waals surface area contributed by atoms with E-state index in [0.717, 1.165) is 38.4 Å². The minimum atomic E-state index is 0.704. The zero-order chi connectivity index (χ0) is 14.5. The van der Waals surface area contributed by atoms with Gasteiger partial charge in [-0.15, -0.1) is 0 Å². The summed E-state index contributed by atoms with van der Waals surface area (Å²) >= 11 is 0. The number of nitrogens with zero attached hydrogens (tertiary/aromatic N) is 2. The fourth-order valence-corrected chi connectivity index (χ4v) is 2.86. The molecule has 0 bridgehead atoms. The van der Waals surface area contributed by atoms with Gasteiger partial charge in [0, 0.05) is 24.3 Å². The van der Waals surface area contributed by atoms with Gasteiger partial charge in [-0.2, -0.15) is 5.10 Å². The van der Waals surface area contributed by atoms with Crippen LogP contribution in [0.25, 0.3) is 0 Å². The van der Waals surface area contributed by atoms with E-state index < -0.39 is 0 Å². The van der Waals surface area contributed by atoms with Crippen molar-refractivity contribution in [1.82, 2.24) is 15.1 Å². The molecule has 0 spiro atoms. The van der Waals surface area contributed by atoms with Crippen LogP contribution in [0, 0.1) is 11.8 Å². The maximum absolute atomic E-state index is 4.87. The summed E-state index contributed by atoms with van der Waals surface area (Å²) in [6, 6.07) is 0. The van der Waals surface area contributed by atoms with Gasteiger partial charge in [0.1, 0.15) is 0 Å². The first kappa shape index (κ1) is 15.6. The summed E-state index contributed by atoms with van der Waals surface area (Å²) in [5.41, 5.74) is 4.22. The molecule has 1 fully saturated rings. The van der Waals surface area contributed by atoms with E-state index in [9.17, 15) is 0 Å². The topological polar surface area (TPSA) is 29.9 Å². The summed E-state index contributed by atoms with van der Waals surface area (Å²) in [5, 5.41) is 8.46. The molecule has 1 aromatic rings. The number of nitrogens with one attached hydrogen (secondary N) is 1. The molecular formula is C17H31N3. The van der Waals surface area contributed by atoms with Crippen LogP contribution in [0.1, 0.15) is 63.9 Å². The van der Waals surface area contributed by atoms with Crippen molar-refractivity contribution in [1.29, 1.82) is 0 Å². The van der Waals surface area contributed by atoms with Crippen molar-refractivity contribution >= 4 is 0 Å². The molecule has 0 atom stereocenters. The van der Waals surface area contributed by atoms with E-state index in [1.54, 1.807) is 0 Å². The Bertz CT molecular complexity index is 416. The van der Waals surface area contributed by atoms with Crippen molar-refractivity contribution in [2.24, 2.45) is 11.8 Å². The predicted octanol–water partition coefficient (Wildman–Crippen LogP) is 3.55. The Morgan fingerprint density at radius 2 is 2.00 bits per heavy atom. The van der Waals surface area contributed by atoms with Crippen molar-refractivity contribution in [3.05, 3.63) is 17.0 Å². The van der Waals surface area contributed by atoms with Gasteiger partial charge in [-0.1, -0.05) is 40.5 Å². The number of aromatic nitrogens is 2. The largest absolute Gasteiger partial charge is 0.312 e. The van der Waals surface area contributed by atoms with Crippen LogP contribution in [0.4, 0.5) is 0 Å². The van der Waals surface area contributed by atoms with Gasteiger partial charge < -0.3 is 5.32 Å². The summed E-state index contributed by atoms with van der Waals surface area (Å²) in [6.07, 6.45) is 6.33. The zero-order valence-corrected chi connectivity index (χ0v) is 13.7. The number of rotatable bonds is 9. The highest BCUT2D eigenvalue weighted by Gasteiger charge is 2.22. The van der Waals surface area contributed by atoms with Crippen molar-refractivity contribution in [2.75, 3.05) is 6.54 Å². The second-order valence-electron chi connectivity index (χ2n) is 6.56. The lowest BCUT2D eigenvalue weighted by Gasteiger charge is -2.10. The molecule has 1 aromatic heterocycles. The fraction of sp³-hybridized carbons (Fsp3) is 0.824. The first-order valence-electron chi connectivity index (χ1n) is 8.43. The van der Waals surface area contributed by atoms with Gasteiger partial charge in [-0.25, -0.2) is 0 Å². The molecule has 0 unspecified atom stereocenters. The van der Waals surface area contributed by atoms with Gasteiger partial charge in [0.25, 0.3) is 0 Å². The van der Waals surface area contributed by atoms with Crippen molar-refractivity contribution in [3.8, 4) is 0 Å². The van der Waals surface area contributed by atoms with Crippen LogP contribution in [0.5, 0.6) is 0 Å². The van der Waals surface area contributed by atoms with Crippen LogP contribution < -0.4 is 5.32 Å². The van der Waals surface area contributed by atoms with Crippen LogP contribution in [-0.4, -0.2) is 16.3 Å². The fourth-order valence-electron chi connectivity index (χ4n) is 2.86. The molecule has 1 N–H and O–H groups in total. The van der Waals surface area contributed by atoms with E-state index >= 15 is 0 Å². The van der Waals surface area contributed by atoms with Gasteiger partial charge >= 0.3 is 0 Å². The Kier molecular flexibility index (Phi) is 5.64. The molecule has 3 heteroatoms. The lowest BCUT2D eigenvalue weighted by Crippen LogP contribution is -2.20. The Hall–Kier alpha value is -0.830. The summed E-state index contributed by atoms with van der Waals surface area (Å²) in [7, 11) is 0. The Balaban J connectivity index is 2.05. The molecule has 0 aromatic carbocycles. The zero-order valence-electron chi connectivity index (χ0n) is 13.7. The van der Waals surface area contributed by atoms with Gasteiger partial charge in [-0.3, -0.25) is 4.68 Å². The van der Waals surface area contributed by atoms with E-state index in [4.69, 9.17) is 5.10 Å². The normalized spacial score (nSPS) is 15.2. The van der Waals surface area contributed by atoms with Gasteiger partial charge in [0.05, 0.1) is 5.69 Å². The van der Waals surface area contributed by atoms with Crippen LogP contribution in [0.15, 0.2) is 0 Å².